The molecule has 9 aromatic carbocycles. The van der Waals surface area contributed by atoms with Gasteiger partial charge in [0.25, 0.3) is 6.71 Å². The van der Waals surface area contributed by atoms with Crippen LogP contribution in [-0.2, 0) is 5.41 Å². The average Bonchev–Trinajstić information content (AvgIpc) is 3.46. The van der Waals surface area contributed by atoms with E-state index in [1.165, 1.54) is 71.1 Å². The minimum Gasteiger partial charge on any atom is -0.458 e. The fourth-order valence-corrected chi connectivity index (χ4v) is 10.1. The van der Waals surface area contributed by atoms with Crippen molar-refractivity contribution in [3.05, 3.63) is 180 Å². The molecular weight excluding hydrogens is 681 g/mol. The topological polar surface area (TPSA) is 21.7 Å². The van der Waals surface area contributed by atoms with Crippen LogP contribution in [0.15, 0.2) is 164 Å². The van der Waals surface area contributed by atoms with E-state index in [1.54, 1.807) is 0 Å². The zero-order chi connectivity index (χ0) is 37.3. The lowest BCUT2D eigenvalue weighted by atomic mass is 9.33. The second-order valence-electron chi connectivity index (χ2n) is 16.1. The summed E-state index contributed by atoms with van der Waals surface area (Å²) >= 11 is 0. The zero-order valence-electron chi connectivity index (χ0n) is 31.4. The maximum absolute atomic E-state index is 7.32. The number of hydrogen-bond donors (Lipinski definition) is 0. The molecule has 0 bridgehead atoms. The number of ether oxygens (including phenoxy) is 2. The Morgan fingerprint density at radius 1 is 0.500 bits per heavy atom. The van der Waals surface area contributed by atoms with E-state index >= 15 is 0 Å². The van der Waals surface area contributed by atoms with Crippen molar-refractivity contribution in [1.29, 1.82) is 0 Å². The van der Waals surface area contributed by atoms with Gasteiger partial charge in [0.1, 0.15) is 23.0 Å². The molecule has 2 heterocycles. The third-order valence-corrected chi connectivity index (χ3v) is 12.6. The Labute approximate surface area is 326 Å². The predicted molar refractivity (Wildman–Crippen MR) is 234 cm³/mol. The molecule has 0 radical (unpaired) electrons. The first-order valence-electron chi connectivity index (χ1n) is 19.5. The Hall–Kier alpha value is -6.78. The fourth-order valence-electron chi connectivity index (χ4n) is 10.1. The largest absolute Gasteiger partial charge is 0.458 e. The molecule has 56 heavy (non-hydrogen) atoms. The number of para-hydroxylation sites is 1. The first kappa shape index (κ1) is 31.6. The molecule has 0 N–H and O–H groups in total. The van der Waals surface area contributed by atoms with Gasteiger partial charge in [0.05, 0.1) is 5.69 Å². The van der Waals surface area contributed by atoms with Crippen molar-refractivity contribution in [2.24, 2.45) is 0 Å². The summed E-state index contributed by atoms with van der Waals surface area (Å²) in [6.07, 6.45) is 0. The molecule has 2 aliphatic heterocycles. The zero-order valence-corrected chi connectivity index (χ0v) is 31.4. The first-order valence-corrected chi connectivity index (χ1v) is 19.5. The van der Waals surface area contributed by atoms with E-state index in [0.29, 0.717) is 0 Å². The van der Waals surface area contributed by atoms with Gasteiger partial charge in [0.15, 0.2) is 0 Å². The summed E-state index contributed by atoms with van der Waals surface area (Å²) in [7, 11) is 0. The van der Waals surface area contributed by atoms with E-state index < -0.39 is 5.41 Å². The van der Waals surface area contributed by atoms with Crippen LogP contribution in [0.4, 0.5) is 17.1 Å². The molecule has 9 aromatic rings. The highest BCUT2D eigenvalue weighted by Crippen LogP contribution is 2.59. The predicted octanol–water partition coefficient (Wildman–Crippen LogP) is 12.0. The van der Waals surface area contributed by atoms with Gasteiger partial charge in [-0.25, -0.2) is 0 Å². The van der Waals surface area contributed by atoms with Crippen LogP contribution in [0.5, 0.6) is 23.0 Å². The van der Waals surface area contributed by atoms with Crippen molar-refractivity contribution >= 4 is 72.5 Å². The summed E-state index contributed by atoms with van der Waals surface area (Å²) in [6.45, 7) is 6.82. The van der Waals surface area contributed by atoms with Crippen LogP contribution in [0.25, 0.3) is 43.4 Å². The highest BCUT2D eigenvalue weighted by molar-refractivity contribution is 7.01. The molecule has 1 aliphatic carbocycles. The quantitative estimate of drug-likeness (QED) is 0.170. The first-order chi connectivity index (χ1) is 27.5. The van der Waals surface area contributed by atoms with E-state index in [2.05, 4.69) is 189 Å². The number of rotatable bonds is 3. The number of hydrogen-bond acceptors (Lipinski definition) is 3. The molecule has 4 heteroatoms. The van der Waals surface area contributed by atoms with E-state index in [4.69, 9.17) is 9.47 Å². The lowest BCUT2D eigenvalue weighted by Gasteiger charge is -2.37. The van der Waals surface area contributed by atoms with Crippen LogP contribution in [0.2, 0.25) is 0 Å². The molecule has 0 aromatic heterocycles. The van der Waals surface area contributed by atoms with Gasteiger partial charge in [0.2, 0.25) is 0 Å². The van der Waals surface area contributed by atoms with Gasteiger partial charge in [-0.1, -0.05) is 135 Å². The highest BCUT2D eigenvalue weighted by Gasteiger charge is 2.49. The third-order valence-electron chi connectivity index (χ3n) is 12.6. The minimum absolute atomic E-state index is 0.0723. The summed E-state index contributed by atoms with van der Waals surface area (Å²) in [6, 6.07) is 59.4. The van der Waals surface area contributed by atoms with Crippen LogP contribution in [0.1, 0.15) is 30.5 Å². The molecule has 0 unspecified atom stereocenters. The van der Waals surface area contributed by atoms with Gasteiger partial charge >= 0.3 is 0 Å². The van der Waals surface area contributed by atoms with E-state index in [1.807, 2.05) is 0 Å². The van der Waals surface area contributed by atoms with Crippen molar-refractivity contribution in [1.82, 2.24) is 0 Å². The molecule has 12 rings (SSSR count). The van der Waals surface area contributed by atoms with Gasteiger partial charge in [-0.15, -0.1) is 0 Å². The van der Waals surface area contributed by atoms with Crippen LogP contribution in [0.3, 0.4) is 0 Å². The summed E-state index contributed by atoms with van der Waals surface area (Å²) in [5.74, 6) is 3.61. The summed E-state index contributed by atoms with van der Waals surface area (Å²) in [5.41, 5.74) is 12.7. The maximum atomic E-state index is 7.32. The Balaban J connectivity index is 1.16. The number of fused-ring (bicyclic) bond motifs is 14. The molecule has 0 saturated heterocycles. The van der Waals surface area contributed by atoms with Crippen LogP contribution < -0.4 is 30.8 Å². The second-order valence-corrected chi connectivity index (χ2v) is 16.1. The Morgan fingerprint density at radius 3 is 1.75 bits per heavy atom. The molecule has 3 aliphatic rings. The minimum atomic E-state index is -0.401. The average molecular weight is 718 g/mol. The molecule has 0 atom stereocenters. The number of benzene rings is 9. The molecule has 0 fully saturated rings. The fraction of sp³-hybridized carbons (Fsp3) is 0.0769. The summed E-state index contributed by atoms with van der Waals surface area (Å²) in [4.78, 5) is 2.41. The van der Waals surface area contributed by atoms with Crippen molar-refractivity contribution in [3.63, 3.8) is 0 Å². The lowest BCUT2D eigenvalue weighted by Crippen LogP contribution is -2.58. The number of anilines is 3. The highest BCUT2D eigenvalue weighted by atomic mass is 16.5. The standard InChI is InChI=1S/C52H36BNO2/c1-31-21-25-35(26-22-31)54(34-15-5-4-6-16-34)42-30-41-46(39-20-12-11-19-38(39)42)40-29-45-50-51(47(40)52(41,2)3)56-44-28-24-33-14-8-10-18-37(33)49(44)53(50)48-36-17-9-7-13-32(36)23-27-43(48)55-45/h4-30H,1-3H3. The smallest absolute Gasteiger partial charge is 0.262 e. The third kappa shape index (κ3) is 4.24. The summed E-state index contributed by atoms with van der Waals surface area (Å²) in [5, 5.41) is 7.24. The van der Waals surface area contributed by atoms with Crippen LogP contribution >= 0.6 is 0 Å². The van der Waals surface area contributed by atoms with E-state index in [9.17, 15) is 0 Å². The summed E-state index contributed by atoms with van der Waals surface area (Å²) < 4.78 is 14.4. The van der Waals surface area contributed by atoms with Crippen molar-refractivity contribution in [3.8, 4) is 34.1 Å². The monoisotopic (exact) mass is 717 g/mol. The Kier molecular flexibility index (Phi) is 6.41. The van der Waals surface area contributed by atoms with Gasteiger partial charge in [0, 0.05) is 33.2 Å². The van der Waals surface area contributed by atoms with Gasteiger partial charge in [-0.05, 0) is 110 Å². The number of nitrogens with zero attached hydrogens (tertiary/aromatic N) is 1. The normalized spacial score (nSPS) is 14.0. The number of aryl methyl sites for hydroxylation is 1. The van der Waals surface area contributed by atoms with E-state index in [-0.39, 0.29) is 6.71 Å². The molecule has 0 spiro atoms. The SMILES string of the molecule is Cc1ccc(N(c2ccccc2)c2cc3c(c4ccccc24)-c2cc4c5c(c2C3(C)C)Oc2ccc3ccccc3c2B5c2c(ccc3ccccc23)O4)cc1. The van der Waals surface area contributed by atoms with Crippen molar-refractivity contribution in [2.45, 2.75) is 26.2 Å². The van der Waals surface area contributed by atoms with Crippen LogP contribution in [0, 0.1) is 6.92 Å². The Morgan fingerprint density at radius 2 is 1.07 bits per heavy atom. The maximum Gasteiger partial charge on any atom is 0.262 e. The molecule has 0 saturated carbocycles. The van der Waals surface area contributed by atoms with Crippen molar-refractivity contribution < 1.29 is 9.47 Å². The molecule has 0 amide bonds. The second kappa shape index (κ2) is 11.4. The van der Waals surface area contributed by atoms with Gasteiger partial charge < -0.3 is 14.4 Å². The van der Waals surface area contributed by atoms with Crippen LogP contribution in [-0.4, -0.2) is 6.71 Å². The van der Waals surface area contributed by atoms with Crippen molar-refractivity contribution in [2.75, 3.05) is 4.90 Å². The lowest BCUT2D eigenvalue weighted by molar-refractivity contribution is 0.454. The van der Waals surface area contributed by atoms with Gasteiger partial charge in [-0.2, -0.15) is 0 Å². The molecule has 3 nitrogen and oxygen atoms in total. The van der Waals surface area contributed by atoms with Gasteiger partial charge in [-0.3, -0.25) is 0 Å². The van der Waals surface area contributed by atoms with E-state index in [0.717, 1.165) is 45.5 Å². The molecule has 264 valence electrons. The Bertz CT molecular complexity index is 3090. The molecular formula is C52H36BNO2.